The standard InChI is InChI=1S/C25H22O2/c26-24(21-10-3-1-4-11-21)25(27,23-13-5-2-6-14-23)18-19-15-16-20-9-7-8-12-22(20)17-19/h1-14,17,27H,15-16,18H2. The van der Waals surface area contributed by atoms with Crippen molar-refractivity contribution in [1.82, 2.24) is 0 Å². The van der Waals surface area contributed by atoms with Gasteiger partial charge in [-0.05, 0) is 29.5 Å². The molecule has 0 heterocycles. The highest BCUT2D eigenvalue weighted by molar-refractivity contribution is 6.03. The molecule has 1 aliphatic carbocycles. The Bertz CT molecular complexity index is 973. The highest BCUT2D eigenvalue weighted by Crippen LogP contribution is 2.36. The molecular formula is C25H22O2. The van der Waals surface area contributed by atoms with Crippen LogP contribution < -0.4 is 0 Å². The minimum absolute atomic E-state index is 0.256. The average molecular weight is 354 g/mol. The van der Waals surface area contributed by atoms with Crippen molar-refractivity contribution < 1.29 is 9.90 Å². The summed E-state index contributed by atoms with van der Waals surface area (Å²) in [6.45, 7) is 0. The summed E-state index contributed by atoms with van der Waals surface area (Å²) in [5.41, 5.74) is 3.20. The number of hydrogen-bond acceptors (Lipinski definition) is 2. The summed E-state index contributed by atoms with van der Waals surface area (Å²) in [5, 5.41) is 11.6. The topological polar surface area (TPSA) is 37.3 Å². The van der Waals surface area contributed by atoms with Crippen molar-refractivity contribution in [3.63, 3.8) is 0 Å². The fourth-order valence-electron chi connectivity index (χ4n) is 3.81. The van der Waals surface area contributed by atoms with Gasteiger partial charge in [0, 0.05) is 12.0 Å². The van der Waals surface area contributed by atoms with Crippen molar-refractivity contribution in [3.8, 4) is 0 Å². The van der Waals surface area contributed by atoms with Crippen LogP contribution in [0.4, 0.5) is 0 Å². The molecule has 0 radical (unpaired) electrons. The molecule has 0 fully saturated rings. The maximum atomic E-state index is 13.3. The monoisotopic (exact) mass is 354 g/mol. The molecule has 1 aliphatic rings. The fraction of sp³-hybridized carbons (Fsp3) is 0.160. The Morgan fingerprint density at radius 2 is 1.44 bits per heavy atom. The fourth-order valence-corrected chi connectivity index (χ4v) is 3.81. The van der Waals surface area contributed by atoms with Gasteiger partial charge in [-0.2, -0.15) is 0 Å². The van der Waals surface area contributed by atoms with Gasteiger partial charge in [0.1, 0.15) is 0 Å². The van der Waals surface area contributed by atoms with Gasteiger partial charge >= 0.3 is 0 Å². The van der Waals surface area contributed by atoms with Crippen molar-refractivity contribution in [3.05, 3.63) is 113 Å². The Balaban J connectivity index is 1.74. The third-order valence-corrected chi connectivity index (χ3v) is 5.28. The minimum Gasteiger partial charge on any atom is -0.377 e. The Morgan fingerprint density at radius 1 is 0.815 bits per heavy atom. The zero-order chi connectivity index (χ0) is 18.7. The van der Waals surface area contributed by atoms with E-state index in [4.69, 9.17) is 0 Å². The highest BCUT2D eigenvalue weighted by atomic mass is 16.3. The first-order valence-corrected chi connectivity index (χ1v) is 9.32. The molecule has 2 heteroatoms. The largest absolute Gasteiger partial charge is 0.377 e. The second-order valence-corrected chi connectivity index (χ2v) is 7.10. The van der Waals surface area contributed by atoms with E-state index in [0.717, 1.165) is 18.4 Å². The maximum Gasteiger partial charge on any atom is 0.199 e. The van der Waals surface area contributed by atoms with Gasteiger partial charge in [-0.15, -0.1) is 0 Å². The van der Waals surface area contributed by atoms with Crippen LogP contribution in [-0.4, -0.2) is 10.9 Å². The van der Waals surface area contributed by atoms with Gasteiger partial charge in [-0.1, -0.05) is 96.6 Å². The van der Waals surface area contributed by atoms with E-state index in [1.807, 2.05) is 54.6 Å². The number of fused-ring (bicyclic) bond motifs is 1. The Hall–Kier alpha value is -2.97. The number of hydrogen-bond donors (Lipinski definition) is 1. The molecule has 1 N–H and O–H groups in total. The van der Waals surface area contributed by atoms with Crippen LogP contribution in [0.15, 0.2) is 90.5 Å². The Kier molecular flexibility index (Phi) is 4.74. The number of carbonyl (C=O) groups excluding carboxylic acids is 1. The quantitative estimate of drug-likeness (QED) is 0.641. The molecule has 4 rings (SSSR count). The SMILES string of the molecule is O=C(c1ccccc1)C(O)(CC1=Cc2ccccc2CC1)c1ccccc1. The molecular weight excluding hydrogens is 332 g/mol. The molecule has 2 nitrogen and oxygen atoms in total. The average Bonchev–Trinajstić information content (AvgIpc) is 2.74. The lowest BCUT2D eigenvalue weighted by Gasteiger charge is -2.30. The van der Waals surface area contributed by atoms with Crippen molar-refractivity contribution in [2.75, 3.05) is 0 Å². The summed E-state index contributed by atoms with van der Waals surface area (Å²) in [6, 6.07) is 26.7. The third-order valence-electron chi connectivity index (χ3n) is 5.28. The molecule has 0 saturated carbocycles. The summed E-state index contributed by atoms with van der Waals surface area (Å²) in [4.78, 5) is 13.3. The Morgan fingerprint density at radius 3 is 2.19 bits per heavy atom. The van der Waals surface area contributed by atoms with Gasteiger partial charge in [0.05, 0.1) is 0 Å². The molecule has 0 aromatic heterocycles. The van der Waals surface area contributed by atoms with Crippen LogP contribution in [0.3, 0.4) is 0 Å². The van der Waals surface area contributed by atoms with Crippen molar-refractivity contribution in [2.24, 2.45) is 0 Å². The number of Topliss-reactive ketones (excluding diaryl/α,β-unsaturated/α-hetero) is 1. The third kappa shape index (κ3) is 3.49. The zero-order valence-electron chi connectivity index (χ0n) is 15.1. The molecule has 3 aromatic carbocycles. The van der Waals surface area contributed by atoms with E-state index in [9.17, 15) is 9.90 Å². The van der Waals surface area contributed by atoms with E-state index in [-0.39, 0.29) is 5.78 Å². The molecule has 27 heavy (non-hydrogen) atoms. The summed E-state index contributed by atoms with van der Waals surface area (Å²) < 4.78 is 0. The van der Waals surface area contributed by atoms with E-state index >= 15 is 0 Å². The van der Waals surface area contributed by atoms with Gasteiger partial charge in [0.2, 0.25) is 0 Å². The number of aryl methyl sites for hydroxylation is 1. The van der Waals surface area contributed by atoms with E-state index in [1.54, 1.807) is 12.1 Å². The van der Waals surface area contributed by atoms with E-state index in [1.165, 1.54) is 11.1 Å². The van der Waals surface area contributed by atoms with E-state index in [0.29, 0.717) is 17.5 Å². The first-order valence-electron chi connectivity index (χ1n) is 9.32. The van der Waals surface area contributed by atoms with Gasteiger partial charge < -0.3 is 5.11 Å². The van der Waals surface area contributed by atoms with E-state index in [2.05, 4.69) is 24.3 Å². The summed E-state index contributed by atoms with van der Waals surface area (Å²) >= 11 is 0. The molecule has 3 aromatic rings. The lowest BCUT2D eigenvalue weighted by Crippen LogP contribution is -2.36. The molecule has 1 atom stereocenters. The van der Waals surface area contributed by atoms with Crippen LogP contribution in [0.5, 0.6) is 0 Å². The van der Waals surface area contributed by atoms with Crippen LogP contribution in [0, 0.1) is 0 Å². The van der Waals surface area contributed by atoms with Crippen molar-refractivity contribution in [2.45, 2.75) is 24.9 Å². The number of benzene rings is 3. The lowest BCUT2D eigenvalue weighted by atomic mass is 9.78. The van der Waals surface area contributed by atoms with Crippen molar-refractivity contribution >= 4 is 11.9 Å². The molecule has 0 bridgehead atoms. The molecule has 1 unspecified atom stereocenters. The number of rotatable bonds is 5. The maximum absolute atomic E-state index is 13.3. The van der Waals surface area contributed by atoms with Crippen LogP contribution in [0.1, 0.15) is 39.9 Å². The normalized spacial score (nSPS) is 15.4. The summed E-state index contributed by atoms with van der Waals surface area (Å²) in [7, 11) is 0. The second kappa shape index (κ2) is 7.34. The number of carbonyl (C=O) groups is 1. The molecule has 0 spiro atoms. The predicted octanol–water partition coefficient (Wildman–Crippen LogP) is 5.18. The van der Waals surface area contributed by atoms with Gasteiger partial charge in [-0.25, -0.2) is 0 Å². The minimum atomic E-state index is -1.57. The number of aliphatic hydroxyl groups is 1. The second-order valence-electron chi connectivity index (χ2n) is 7.10. The van der Waals surface area contributed by atoms with E-state index < -0.39 is 5.60 Å². The highest BCUT2D eigenvalue weighted by Gasteiger charge is 2.39. The molecule has 0 aliphatic heterocycles. The Labute approximate surface area is 159 Å². The zero-order valence-corrected chi connectivity index (χ0v) is 15.1. The van der Waals surface area contributed by atoms with Crippen molar-refractivity contribution in [1.29, 1.82) is 0 Å². The van der Waals surface area contributed by atoms with Gasteiger partial charge in [0.15, 0.2) is 11.4 Å². The smallest absolute Gasteiger partial charge is 0.199 e. The van der Waals surface area contributed by atoms with Gasteiger partial charge in [-0.3, -0.25) is 4.79 Å². The molecule has 134 valence electrons. The van der Waals surface area contributed by atoms with Crippen LogP contribution in [-0.2, 0) is 12.0 Å². The van der Waals surface area contributed by atoms with Crippen LogP contribution >= 0.6 is 0 Å². The number of ketones is 1. The van der Waals surface area contributed by atoms with Gasteiger partial charge in [0.25, 0.3) is 0 Å². The first kappa shape index (κ1) is 17.4. The summed E-state index contributed by atoms with van der Waals surface area (Å²) in [5.74, 6) is -0.256. The lowest BCUT2D eigenvalue weighted by molar-refractivity contribution is 0.0296. The summed E-state index contributed by atoms with van der Waals surface area (Å²) in [6.07, 6.45) is 4.23. The molecule has 0 amide bonds. The first-order chi connectivity index (χ1) is 13.2. The van der Waals surface area contributed by atoms with Crippen LogP contribution in [0.2, 0.25) is 0 Å². The predicted molar refractivity (Wildman–Crippen MR) is 108 cm³/mol. The van der Waals surface area contributed by atoms with Crippen LogP contribution in [0.25, 0.3) is 6.08 Å². The molecule has 0 saturated heterocycles.